The van der Waals surface area contributed by atoms with Crippen LogP contribution in [0.5, 0.6) is 0 Å². The van der Waals surface area contributed by atoms with Crippen molar-refractivity contribution in [3.05, 3.63) is 45.9 Å². The monoisotopic (exact) mass is 188 g/mol. The average molecular weight is 188 g/mol. The fourth-order valence-corrected chi connectivity index (χ4v) is 1.58. The highest BCUT2D eigenvalue weighted by atomic mass is 16.1. The van der Waals surface area contributed by atoms with Crippen molar-refractivity contribution in [2.75, 3.05) is 0 Å². The fourth-order valence-electron chi connectivity index (χ4n) is 1.58. The first-order chi connectivity index (χ1) is 6.72. The van der Waals surface area contributed by atoms with Gasteiger partial charge in [-0.05, 0) is 29.5 Å². The molecule has 1 heterocycles. The standard InChI is InChI=1S/C11H12N2O/c1-7-6-13-11(14)10-4-8(5-12)2-3-9(7)10/h2-4,6H,5,12H2,1H3,(H,13,14). The molecule has 0 bridgehead atoms. The van der Waals surface area contributed by atoms with Gasteiger partial charge < -0.3 is 10.7 Å². The van der Waals surface area contributed by atoms with Gasteiger partial charge in [0.05, 0.1) is 0 Å². The van der Waals surface area contributed by atoms with Crippen molar-refractivity contribution in [1.29, 1.82) is 0 Å². The Balaban J connectivity index is 2.87. The van der Waals surface area contributed by atoms with Crippen molar-refractivity contribution < 1.29 is 0 Å². The van der Waals surface area contributed by atoms with Crippen LogP contribution in [0.4, 0.5) is 0 Å². The number of fused-ring (bicyclic) bond motifs is 1. The number of aromatic nitrogens is 1. The van der Waals surface area contributed by atoms with Crippen LogP contribution in [0.25, 0.3) is 10.8 Å². The van der Waals surface area contributed by atoms with Crippen LogP contribution >= 0.6 is 0 Å². The van der Waals surface area contributed by atoms with Gasteiger partial charge in [-0.1, -0.05) is 12.1 Å². The predicted octanol–water partition coefficient (Wildman–Crippen LogP) is 1.30. The first-order valence-electron chi connectivity index (χ1n) is 4.53. The zero-order valence-electron chi connectivity index (χ0n) is 8.00. The highest BCUT2D eigenvalue weighted by molar-refractivity contribution is 5.84. The van der Waals surface area contributed by atoms with Gasteiger partial charge in [0.2, 0.25) is 0 Å². The summed E-state index contributed by atoms with van der Waals surface area (Å²) in [7, 11) is 0. The first-order valence-corrected chi connectivity index (χ1v) is 4.53. The van der Waals surface area contributed by atoms with Crippen molar-refractivity contribution in [2.45, 2.75) is 13.5 Å². The van der Waals surface area contributed by atoms with Gasteiger partial charge in [0.1, 0.15) is 0 Å². The van der Waals surface area contributed by atoms with Crippen LogP contribution in [0, 0.1) is 6.92 Å². The average Bonchev–Trinajstić information content (AvgIpc) is 2.23. The quantitative estimate of drug-likeness (QED) is 0.708. The molecule has 2 rings (SSSR count). The largest absolute Gasteiger partial charge is 0.328 e. The molecule has 1 aromatic carbocycles. The maximum atomic E-state index is 11.5. The van der Waals surface area contributed by atoms with E-state index in [1.807, 2.05) is 25.1 Å². The summed E-state index contributed by atoms with van der Waals surface area (Å²) in [6, 6.07) is 5.75. The summed E-state index contributed by atoms with van der Waals surface area (Å²) in [5.41, 5.74) is 7.51. The van der Waals surface area contributed by atoms with Gasteiger partial charge in [0.25, 0.3) is 5.56 Å². The summed E-state index contributed by atoms with van der Waals surface area (Å²) in [5, 5.41) is 1.71. The minimum absolute atomic E-state index is 0.0547. The summed E-state index contributed by atoms with van der Waals surface area (Å²) in [6.07, 6.45) is 1.73. The van der Waals surface area contributed by atoms with Gasteiger partial charge in [0, 0.05) is 18.1 Å². The number of nitrogens with one attached hydrogen (secondary N) is 1. The van der Waals surface area contributed by atoms with E-state index in [1.165, 1.54) is 0 Å². The minimum Gasteiger partial charge on any atom is -0.328 e. The lowest BCUT2D eigenvalue weighted by Crippen LogP contribution is -2.07. The summed E-state index contributed by atoms with van der Waals surface area (Å²) in [5.74, 6) is 0. The molecule has 0 aliphatic heterocycles. The van der Waals surface area contributed by atoms with Gasteiger partial charge in [-0.3, -0.25) is 4.79 Å². The van der Waals surface area contributed by atoms with Gasteiger partial charge in [-0.25, -0.2) is 0 Å². The third-order valence-electron chi connectivity index (χ3n) is 2.41. The van der Waals surface area contributed by atoms with E-state index in [9.17, 15) is 4.79 Å². The second kappa shape index (κ2) is 3.27. The summed E-state index contributed by atoms with van der Waals surface area (Å²) < 4.78 is 0. The zero-order valence-corrected chi connectivity index (χ0v) is 8.00. The maximum Gasteiger partial charge on any atom is 0.255 e. The normalized spacial score (nSPS) is 10.7. The third kappa shape index (κ3) is 1.32. The summed E-state index contributed by atoms with van der Waals surface area (Å²) >= 11 is 0. The molecule has 0 saturated heterocycles. The number of benzene rings is 1. The highest BCUT2D eigenvalue weighted by Gasteiger charge is 2.01. The van der Waals surface area contributed by atoms with E-state index in [0.717, 1.165) is 16.5 Å². The first kappa shape index (κ1) is 8.97. The van der Waals surface area contributed by atoms with Gasteiger partial charge >= 0.3 is 0 Å². The second-order valence-electron chi connectivity index (χ2n) is 3.38. The Bertz CT molecular complexity index is 528. The Kier molecular flexibility index (Phi) is 2.09. The molecule has 0 aliphatic carbocycles. The fraction of sp³-hybridized carbons (Fsp3) is 0.182. The van der Waals surface area contributed by atoms with Crippen LogP contribution in [0.3, 0.4) is 0 Å². The van der Waals surface area contributed by atoms with Gasteiger partial charge in [-0.2, -0.15) is 0 Å². The number of aryl methyl sites for hydroxylation is 1. The van der Waals surface area contributed by atoms with E-state index < -0.39 is 0 Å². The van der Waals surface area contributed by atoms with E-state index in [1.54, 1.807) is 6.20 Å². The lowest BCUT2D eigenvalue weighted by molar-refractivity contribution is 1.07. The molecule has 0 fully saturated rings. The lowest BCUT2D eigenvalue weighted by atomic mass is 10.1. The molecule has 0 aliphatic rings. The summed E-state index contributed by atoms with van der Waals surface area (Å²) in [6.45, 7) is 2.43. The maximum absolute atomic E-state index is 11.5. The van der Waals surface area contributed by atoms with Crippen molar-refractivity contribution in [3.63, 3.8) is 0 Å². The molecule has 0 atom stereocenters. The number of aromatic amines is 1. The number of hydrogen-bond acceptors (Lipinski definition) is 2. The second-order valence-corrected chi connectivity index (χ2v) is 3.38. The Morgan fingerprint density at radius 2 is 2.14 bits per heavy atom. The molecule has 72 valence electrons. The minimum atomic E-state index is -0.0547. The van der Waals surface area contributed by atoms with E-state index in [4.69, 9.17) is 5.73 Å². The van der Waals surface area contributed by atoms with Crippen LogP contribution in [0.15, 0.2) is 29.2 Å². The van der Waals surface area contributed by atoms with Gasteiger partial charge in [-0.15, -0.1) is 0 Å². The number of hydrogen-bond donors (Lipinski definition) is 2. The molecule has 0 spiro atoms. The topological polar surface area (TPSA) is 58.9 Å². The van der Waals surface area contributed by atoms with Crippen LogP contribution in [-0.4, -0.2) is 4.98 Å². The number of pyridine rings is 1. The Hall–Kier alpha value is -1.61. The van der Waals surface area contributed by atoms with Crippen LogP contribution < -0.4 is 11.3 Å². The smallest absolute Gasteiger partial charge is 0.255 e. The van der Waals surface area contributed by atoms with E-state index in [0.29, 0.717) is 11.9 Å². The van der Waals surface area contributed by atoms with Crippen molar-refractivity contribution in [2.24, 2.45) is 5.73 Å². The highest BCUT2D eigenvalue weighted by Crippen LogP contribution is 2.15. The Morgan fingerprint density at radius 1 is 1.36 bits per heavy atom. The molecule has 2 aromatic rings. The molecular weight excluding hydrogens is 176 g/mol. The van der Waals surface area contributed by atoms with Crippen molar-refractivity contribution in [3.8, 4) is 0 Å². The van der Waals surface area contributed by atoms with Crippen LogP contribution in [0.2, 0.25) is 0 Å². The lowest BCUT2D eigenvalue weighted by Gasteiger charge is -2.02. The van der Waals surface area contributed by atoms with Crippen molar-refractivity contribution in [1.82, 2.24) is 4.98 Å². The molecule has 0 unspecified atom stereocenters. The zero-order chi connectivity index (χ0) is 10.1. The Labute approximate surface area is 81.6 Å². The van der Waals surface area contributed by atoms with Crippen LogP contribution in [0.1, 0.15) is 11.1 Å². The molecule has 3 N–H and O–H groups in total. The number of nitrogens with two attached hydrogens (primary N) is 1. The molecule has 0 saturated carbocycles. The van der Waals surface area contributed by atoms with E-state index in [2.05, 4.69) is 4.98 Å². The van der Waals surface area contributed by atoms with E-state index >= 15 is 0 Å². The molecule has 0 amide bonds. The molecule has 3 heteroatoms. The number of rotatable bonds is 1. The predicted molar refractivity (Wildman–Crippen MR) is 57.2 cm³/mol. The van der Waals surface area contributed by atoms with E-state index in [-0.39, 0.29) is 5.56 Å². The molecule has 0 radical (unpaired) electrons. The Morgan fingerprint density at radius 3 is 2.86 bits per heavy atom. The molecular formula is C11H12N2O. The number of H-pyrrole nitrogens is 1. The van der Waals surface area contributed by atoms with Gasteiger partial charge in [0.15, 0.2) is 0 Å². The van der Waals surface area contributed by atoms with Crippen LogP contribution in [-0.2, 0) is 6.54 Å². The molecule has 14 heavy (non-hydrogen) atoms. The molecule has 1 aromatic heterocycles. The SMILES string of the molecule is Cc1c[nH]c(=O)c2cc(CN)ccc12. The summed E-state index contributed by atoms with van der Waals surface area (Å²) in [4.78, 5) is 14.2. The van der Waals surface area contributed by atoms with Crippen molar-refractivity contribution >= 4 is 10.8 Å². The molecule has 3 nitrogen and oxygen atoms in total. The third-order valence-corrected chi connectivity index (χ3v) is 2.41.